The lowest BCUT2D eigenvalue weighted by Gasteiger charge is -2.19. The number of hydrogen-bond donors (Lipinski definition) is 0. The molecule has 0 N–H and O–H groups in total. The van der Waals surface area contributed by atoms with Gasteiger partial charge in [-0.25, -0.2) is 4.98 Å². The number of thiazole rings is 1. The Morgan fingerprint density at radius 2 is 1.65 bits per heavy atom. The summed E-state index contributed by atoms with van der Waals surface area (Å²) in [6, 6.07) is 14.4. The molecule has 3 aromatic rings. The summed E-state index contributed by atoms with van der Waals surface area (Å²) < 4.78 is 1.06. The van der Waals surface area contributed by atoms with Gasteiger partial charge in [0.05, 0.1) is 27.9 Å². The number of fused-ring (bicyclic) bond motifs is 2. The van der Waals surface area contributed by atoms with Crippen molar-refractivity contribution >= 4 is 39.3 Å². The van der Waals surface area contributed by atoms with Crippen molar-refractivity contribution in [1.29, 1.82) is 0 Å². The van der Waals surface area contributed by atoms with Crippen molar-refractivity contribution in [1.82, 2.24) is 14.8 Å². The van der Waals surface area contributed by atoms with Crippen LogP contribution in [-0.2, 0) is 11.3 Å². The van der Waals surface area contributed by atoms with Crippen LogP contribution in [-0.4, -0.2) is 46.1 Å². The maximum absolute atomic E-state index is 12.5. The summed E-state index contributed by atoms with van der Waals surface area (Å²) in [5.41, 5.74) is 1.59. The highest BCUT2D eigenvalue weighted by molar-refractivity contribution is 7.18. The Balaban J connectivity index is 1.46. The standard InChI is InChI=1S/C19H15N3O3S/c1-21(10-16-20-14-8-4-5-9-15(14)26-16)17(23)11-22-18(24)12-6-2-3-7-13(12)19(22)25/h2-9H,10-11H2,1H3. The van der Waals surface area contributed by atoms with Crippen LogP contribution in [0, 0.1) is 0 Å². The van der Waals surface area contributed by atoms with E-state index in [9.17, 15) is 14.4 Å². The first kappa shape index (κ1) is 16.4. The van der Waals surface area contributed by atoms with Gasteiger partial charge >= 0.3 is 0 Å². The molecule has 26 heavy (non-hydrogen) atoms. The second-order valence-electron chi connectivity index (χ2n) is 6.07. The number of para-hydroxylation sites is 1. The molecule has 4 rings (SSSR count). The van der Waals surface area contributed by atoms with Crippen molar-refractivity contribution in [2.75, 3.05) is 13.6 Å². The van der Waals surface area contributed by atoms with E-state index in [0.717, 1.165) is 20.1 Å². The quantitative estimate of drug-likeness (QED) is 0.666. The number of nitrogens with zero attached hydrogens (tertiary/aromatic N) is 3. The normalized spacial score (nSPS) is 13.3. The van der Waals surface area contributed by atoms with E-state index in [1.807, 2.05) is 24.3 Å². The fourth-order valence-electron chi connectivity index (χ4n) is 2.92. The lowest BCUT2D eigenvalue weighted by Crippen LogP contribution is -2.40. The highest BCUT2D eigenvalue weighted by Crippen LogP contribution is 2.24. The highest BCUT2D eigenvalue weighted by Gasteiger charge is 2.36. The van der Waals surface area contributed by atoms with E-state index in [0.29, 0.717) is 17.7 Å². The minimum absolute atomic E-state index is 0.270. The molecule has 0 atom stereocenters. The number of imide groups is 1. The number of likely N-dealkylation sites (N-methyl/N-ethyl adjacent to an activating group) is 1. The van der Waals surface area contributed by atoms with Crippen molar-refractivity contribution in [2.45, 2.75) is 6.54 Å². The maximum atomic E-state index is 12.5. The van der Waals surface area contributed by atoms with Gasteiger partial charge in [0.15, 0.2) is 0 Å². The van der Waals surface area contributed by atoms with Crippen LogP contribution in [0.15, 0.2) is 48.5 Å². The van der Waals surface area contributed by atoms with E-state index >= 15 is 0 Å². The van der Waals surface area contributed by atoms with Gasteiger partial charge < -0.3 is 4.90 Å². The number of benzene rings is 2. The monoisotopic (exact) mass is 365 g/mol. The third-order valence-corrected chi connectivity index (χ3v) is 5.33. The highest BCUT2D eigenvalue weighted by atomic mass is 32.1. The molecular weight excluding hydrogens is 350 g/mol. The first-order chi connectivity index (χ1) is 12.5. The average molecular weight is 365 g/mol. The fourth-order valence-corrected chi connectivity index (χ4v) is 3.94. The topological polar surface area (TPSA) is 70.6 Å². The fraction of sp³-hybridized carbons (Fsp3) is 0.158. The van der Waals surface area contributed by atoms with Gasteiger partial charge in [0, 0.05) is 7.05 Å². The third-order valence-electron chi connectivity index (χ3n) is 4.31. The molecule has 130 valence electrons. The van der Waals surface area contributed by atoms with E-state index in [-0.39, 0.29) is 12.5 Å². The molecule has 2 aromatic carbocycles. The Labute approximate surface area is 153 Å². The predicted octanol–water partition coefficient (Wildman–Crippen LogP) is 2.55. The summed E-state index contributed by atoms with van der Waals surface area (Å²) in [7, 11) is 1.65. The smallest absolute Gasteiger partial charge is 0.262 e. The molecule has 1 aliphatic heterocycles. The van der Waals surface area contributed by atoms with Crippen LogP contribution < -0.4 is 0 Å². The van der Waals surface area contributed by atoms with Crippen molar-refractivity contribution in [2.24, 2.45) is 0 Å². The van der Waals surface area contributed by atoms with Crippen LogP contribution >= 0.6 is 11.3 Å². The number of hydrogen-bond acceptors (Lipinski definition) is 5. The predicted molar refractivity (Wildman–Crippen MR) is 97.9 cm³/mol. The minimum Gasteiger partial charge on any atom is -0.337 e. The number of carbonyl (C=O) groups excluding carboxylic acids is 3. The lowest BCUT2D eigenvalue weighted by molar-refractivity contribution is -0.130. The number of carbonyl (C=O) groups is 3. The van der Waals surface area contributed by atoms with Crippen molar-refractivity contribution in [3.8, 4) is 0 Å². The van der Waals surface area contributed by atoms with Gasteiger partial charge in [-0.1, -0.05) is 24.3 Å². The van der Waals surface area contributed by atoms with Crippen LogP contribution in [0.25, 0.3) is 10.2 Å². The molecule has 0 bridgehead atoms. The molecule has 1 aliphatic rings. The molecular formula is C19H15N3O3S. The molecule has 0 saturated carbocycles. The zero-order valence-electron chi connectivity index (χ0n) is 14.0. The van der Waals surface area contributed by atoms with Gasteiger partial charge in [-0.15, -0.1) is 11.3 Å². The van der Waals surface area contributed by atoms with Gasteiger partial charge in [0.1, 0.15) is 11.6 Å². The largest absolute Gasteiger partial charge is 0.337 e. The van der Waals surface area contributed by atoms with E-state index in [2.05, 4.69) is 4.98 Å². The Bertz CT molecular complexity index is 975. The molecule has 2 heterocycles. The average Bonchev–Trinajstić information content (AvgIpc) is 3.16. The Morgan fingerprint density at radius 3 is 2.31 bits per heavy atom. The Morgan fingerprint density at radius 1 is 1.04 bits per heavy atom. The Kier molecular flexibility index (Phi) is 4.00. The molecule has 6 nitrogen and oxygen atoms in total. The van der Waals surface area contributed by atoms with E-state index in [1.54, 1.807) is 31.3 Å². The van der Waals surface area contributed by atoms with Crippen LogP contribution in [0.1, 0.15) is 25.7 Å². The molecule has 0 unspecified atom stereocenters. The first-order valence-electron chi connectivity index (χ1n) is 8.08. The third kappa shape index (κ3) is 2.76. The van der Waals surface area contributed by atoms with E-state index in [1.165, 1.54) is 16.2 Å². The summed E-state index contributed by atoms with van der Waals surface area (Å²) in [5.74, 6) is -1.15. The molecule has 7 heteroatoms. The van der Waals surface area contributed by atoms with Crippen LogP contribution in [0.3, 0.4) is 0 Å². The van der Waals surface area contributed by atoms with Gasteiger partial charge in [0.2, 0.25) is 5.91 Å². The summed E-state index contributed by atoms with van der Waals surface area (Å²) in [6.45, 7) is 0.0646. The zero-order chi connectivity index (χ0) is 18.3. The van der Waals surface area contributed by atoms with Crippen LogP contribution in [0.4, 0.5) is 0 Å². The summed E-state index contributed by atoms with van der Waals surface area (Å²) in [4.78, 5) is 44.2. The first-order valence-corrected chi connectivity index (χ1v) is 8.90. The Hall–Kier alpha value is -3.06. The molecule has 0 aliphatic carbocycles. The molecule has 0 saturated heterocycles. The molecule has 1 aromatic heterocycles. The minimum atomic E-state index is -0.424. The lowest BCUT2D eigenvalue weighted by atomic mass is 10.1. The van der Waals surface area contributed by atoms with Crippen LogP contribution in [0.5, 0.6) is 0 Å². The summed E-state index contributed by atoms with van der Waals surface area (Å²) >= 11 is 1.52. The van der Waals surface area contributed by atoms with E-state index < -0.39 is 11.8 Å². The maximum Gasteiger partial charge on any atom is 0.262 e. The molecule has 0 fully saturated rings. The van der Waals surface area contributed by atoms with Gasteiger partial charge in [-0.2, -0.15) is 0 Å². The second kappa shape index (κ2) is 6.34. The number of aromatic nitrogens is 1. The second-order valence-corrected chi connectivity index (χ2v) is 7.18. The number of amides is 3. The van der Waals surface area contributed by atoms with Gasteiger partial charge in [0.25, 0.3) is 11.8 Å². The van der Waals surface area contributed by atoms with Gasteiger partial charge in [-0.05, 0) is 24.3 Å². The van der Waals surface area contributed by atoms with Crippen molar-refractivity contribution in [3.63, 3.8) is 0 Å². The van der Waals surface area contributed by atoms with E-state index in [4.69, 9.17) is 0 Å². The summed E-state index contributed by atoms with van der Waals surface area (Å²) in [6.07, 6.45) is 0. The van der Waals surface area contributed by atoms with Gasteiger partial charge in [-0.3, -0.25) is 19.3 Å². The number of rotatable bonds is 4. The SMILES string of the molecule is CN(Cc1nc2ccccc2s1)C(=O)CN1C(=O)c2ccccc2C1=O. The van der Waals surface area contributed by atoms with Crippen molar-refractivity contribution in [3.05, 3.63) is 64.7 Å². The summed E-state index contributed by atoms with van der Waals surface area (Å²) in [5, 5.41) is 0.810. The van der Waals surface area contributed by atoms with Crippen LogP contribution in [0.2, 0.25) is 0 Å². The molecule has 0 radical (unpaired) electrons. The molecule has 3 amide bonds. The zero-order valence-corrected chi connectivity index (χ0v) is 14.8. The molecule has 0 spiro atoms. The van der Waals surface area contributed by atoms with Crippen molar-refractivity contribution < 1.29 is 14.4 Å².